The molecule has 2 amide bonds. The number of nitrogens with one attached hydrogen (secondary N) is 1. The third-order valence-electron chi connectivity index (χ3n) is 10.6. The molecule has 6 heterocycles. The number of urea groups is 1. The first-order valence-electron chi connectivity index (χ1n) is 16.6. The predicted octanol–water partition coefficient (Wildman–Crippen LogP) is 8.53. The van der Waals surface area contributed by atoms with Crippen molar-refractivity contribution < 1.29 is 13.6 Å². The van der Waals surface area contributed by atoms with Gasteiger partial charge in [0.15, 0.2) is 5.82 Å². The van der Waals surface area contributed by atoms with Gasteiger partial charge in [-0.15, -0.1) is 0 Å². The molecular weight excluding hydrogens is 667 g/mol. The van der Waals surface area contributed by atoms with Gasteiger partial charge in [-0.25, -0.2) is 19.2 Å². The lowest BCUT2D eigenvalue weighted by Gasteiger charge is -2.42. The quantitative estimate of drug-likeness (QED) is 0.172. The maximum absolute atomic E-state index is 17.0. The van der Waals surface area contributed by atoms with Crippen LogP contribution in [0.4, 0.5) is 19.4 Å². The van der Waals surface area contributed by atoms with Crippen molar-refractivity contribution in [2.24, 2.45) is 5.92 Å². The van der Waals surface area contributed by atoms with Gasteiger partial charge in [0.2, 0.25) is 5.95 Å². The number of aromatic nitrogens is 3. The molecule has 0 radical (unpaired) electrons. The Kier molecular flexibility index (Phi) is 7.97. The predicted molar refractivity (Wildman–Crippen MR) is 187 cm³/mol. The molecule has 2 aromatic carbocycles. The lowest BCUT2D eigenvalue weighted by atomic mass is 9.79. The van der Waals surface area contributed by atoms with Crippen molar-refractivity contribution in [3.8, 4) is 17.2 Å². The van der Waals surface area contributed by atoms with E-state index in [1.54, 1.807) is 30.3 Å². The average Bonchev–Trinajstić information content (AvgIpc) is 3.83. The molecule has 4 atom stereocenters. The monoisotopic (exact) mass is 699 g/mol. The lowest BCUT2D eigenvalue weighted by Crippen LogP contribution is -2.51. The van der Waals surface area contributed by atoms with Gasteiger partial charge in [-0.1, -0.05) is 41.4 Å². The number of benzene rings is 2. The number of hydrogen-bond acceptors (Lipinski definition) is 5. The van der Waals surface area contributed by atoms with Gasteiger partial charge < -0.3 is 14.8 Å². The fourth-order valence-corrected chi connectivity index (χ4v) is 8.58. The molecule has 2 bridgehead atoms. The van der Waals surface area contributed by atoms with E-state index in [2.05, 4.69) is 27.0 Å². The third kappa shape index (κ3) is 5.05. The molecule has 1 aliphatic carbocycles. The van der Waals surface area contributed by atoms with E-state index in [0.29, 0.717) is 64.6 Å². The van der Waals surface area contributed by atoms with Crippen LogP contribution in [0.25, 0.3) is 32.9 Å². The molecule has 4 aliphatic rings. The summed E-state index contributed by atoms with van der Waals surface area (Å²) in [6.45, 7) is 5.74. The Morgan fingerprint density at radius 2 is 1.92 bits per heavy atom. The summed E-state index contributed by atoms with van der Waals surface area (Å²) in [6, 6.07) is 15.6. The molecule has 1 saturated carbocycles. The van der Waals surface area contributed by atoms with Gasteiger partial charge in [0.05, 0.1) is 33.7 Å². The minimum atomic E-state index is -0.638. The summed E-state index contributed by atoms with van der Waals surface area (Å²) in [7, 11) is 0. The highest BCUT2D eigenvalue weighted by Gasteiger charge is 2.49. The van der Waals surface area contributed by atoms with Crippen molar-refractivity contribution in [2.75, 3.05) is 24.5 Å². The molecule has 0 unspecified atom stereocenters. The number of halogens is 4. The molecule has 4 fully saturated rings. The summed E-state index contributed by atoms with van der Waals surface area (Å²) in [5.74, 6) is -0.486. The highest BCUT2D eigenvalue weighted by atomic mass is 35.5. The van der Waals surface area contributed by atoms with Crippen molar-refractivity contribution in [2.45, 2.75) is 57.7 Å². The lowest BCUT2D eigenvalue weighted by molar-refractivity contribution is 0.165. The van der Waals surface area contributed by atoms with Gasteiger partial charge in [-0.3, -0.25) is 4.90 Å². The van der Waals surface area contributed by atoms with Crippen LogP contribution in [-0.2, 0) is 6.42 Å². The number of carbonyl (C=O) groups excluding carboxylic acids is 1. The van der Waals surface area contributed by atoms with Crippen LogP contribution < -0.4 is 10.2 Å². The topological polar surface area (TPSA) is 90.1 Å². The second kappa shape index (κ2) is 12.2. The molecule has 3 aromatic heterocycles. The summed E-state index contributed by atoms with van der Waals surface area (Å²) in [5, 5.41) is 15.3. The van der Waals surface area contributed by atoms with Crippen LogP contribution in [0.1, 0.15) is 55.2 Å². The molecule has 3 saturated heterocycles. The van der Waals surface area contributed by atoms with Crippen LogP contribution in [0.3, 0.4) is 0 Å². The molecule has 9 rings (SSSR count). The van der Waals surface area contributed by atoms with Crippen molar-refractivity contribution >= 4 is 56.9 Å². The average molecular weight is 701 g/mol. The molecule has 8 nitrogen and oxygen atoms in total. The maximum Gasteiger partial charge on any atom is 0.326 e. The third-order valence-corrected chi connectivity index (χ3v) is 11.4. The Morgan fingerprint density at radius 3 is 2.65 bits per heavy atom. The normalized spacial score (nSPS) is 21.0. The second-order valence-corrected chi connectivity index (χ2v) is 14.0. The summed E-state index contributed by atoms with van der Waals surface area (Å²) >= 11 is 13.0. The number of hydrogen-bond donors (Lipinski definition) is 1. The van der Waals surface area contributed by atoms with Gasteiger partial charge >= 0.3 is 6.03 Å². The SMILES string of the molecule is Cc1nc2c(F)c(-c3cccc(Cl)c3Cl)c(CCC#N)cc2c2c1cc([C@@H](C)N1CCCN(c3cccc(F)n3)C1=O)n2[C@H]1[C@H]2CN[C@@H]1C2. The molecular formula is C37H33Cl2F2N7O. The molecule has 3 aliphatic heterocycles. The zero-order valence-electron chi connectivity index (χ0n) is 27.0. The van der Waals surface area contributed by atoms with Gasteiger partial charge in [-0.2, -0.15) is 9.65 Å². The fourth-order valence-electron chi connectivity index (χ4n) is 8.19. The molecule has 1 N–H and O–H groups in total. The van der Waals surface area contributed by atoms with Crippen molar-refractivity contribution in [1.82, 2.24) is 24.8 Å². The summed E-state index contributed by atoms with van der Waals surface area (Å²) in [6.07, 6.45) is 2.23. The highest BCUT2D eigenvalue weighted by Crippen LogP contribution is 2.50. The minimum Gasteiger partial charge on any atom is -0.337 e. The van der Waals surface area contributed by atoms with Gasteiger partial charge in [0.25, 0.3) is 0 Å². The molecule has 12 heteroatoms. The van der Waals surface area contributed by atoms with Gasteiger partial charge in [-0.05, 0) is 74.9 Å². The van der Waals surface area contributed by atoms with E-state index in [9.17, 15) is 14.4 Å². The Hall–Kier alpha value is -4.30. The zero-order valence-corrected chi connectivity index (χ0v) is 28.5. The molecule has 49 heavy (non-hydrogen) atoms. The first kappa shape index (κ1) is 31.9. The van der Waals surface area contributed by atoms with E-state index in [-0.39, 0.29) is 46.9 Å². The zero-order chi connectivity index (χ0) is 34.1. The van der Waals surface area contributed by atoms with Crippen molar-refractivity contribution in [3.63, 3.8) is 0 Å². The van der Waals surface area contributed by atoms with Crippen LogP contribution in [0, 0.1) is 35.9 Å². The van der Waals surface area contributed by atoms with E-state index in [4.69, 9.17) is 28.2 Å². The van der Waals surface area contributed by atoms with E-state index >= 15 is 4.39 Å². The minimum absolute atomic E-state index is 0.105. The standard InChI is InChI=1S/C37H33Cl2F2N7O/c1-19-24-17-28(20(2)46-13-6-14-47(37(46)49)30-11-4-10-29(40)45-30)48(35-22-16-27(35)43-18-22)36(24)25-15-21(7-5-12-42)31(33(41)34(25)44-19)23-8-3-9-26(38)32(23)39/h3-4,8-11,15,17,20,22,27,35,43H,5-7,13-14,16,18H2,1-2H3/t20-,22-,27-,35+/m1/s1. The smallest absolute Gasteiger partial charge is 0.326 e. The number of pyridine rings is 2. The Bertz CT molecular complexity index is 2200. The van der Waals surface area contributed by atoms with E-state index in [1.807, 2.05) is 24.8 Å². The van der Waals surface area contributed by atoms with Crippen molar-refractivity contribution in [3.05, 3.63) is 87.3 Å². The summed E-state index contributed by atoms with van der Waals surface area (Å²) in [5.41, 5.74) is 4.06. The number of anilines is 1. The van der Waals surface area contributed by atoms with Gasteiger partial charge in [0.1, 0.15) is 11.3 Å². The highest BCUT2D eigenvalue weighted by molar-refractivity contribution is 6.43. The number of fused-ring (bicyclic) bond motifs is 4. The summed E-state index contributed by atoms with van der Waals surface area (Å²) < 4.78 is 33.4. The van der Waals surface area contributed by atoms with Gasteiger partial charge in [0, 0.05) is 65.4 Å². The van der Waals surface area contributed by atoms with Crippen LogP contribution >= 0.6 is 23.2 Å². The number of nitrogens with zero attached hydrogens (tertiary/aromatic N) is 6. The summed E-state index contributed by atoms with van der Waals surface area (Å²) in [4.78, 5) is 26.2. The first-order valence-corrected chi connectivity index (χ1v) is 17.4. The first-order chi connectivity index (χ1) is 23.7. The largest absolute Gasteiger partial charge is 0.337 e. The second-order valence-electron chi connectivity index (χ2n) is 13.3. The number of amides is 2. The van der Waals surface area contributed by atoms with E-state index in [1.165, 1.54) is 11.0 Å². The number of rotatable bonds is 7. The maximum atomic E-state index is 17.0. The van der Waals surface area contributed by atoms with Crippen LogP contribution in [0.2, 0.25) is 10.0 Å². The molecule has 0 spiro atoms. The van der Waals surface area contributed by atoms with E-state index in [0.717, 1.165) is 29.6 Å². The number of aryl methyl sites for hydroxylation is 2. The number of nitriles is 1. The Labute approximate surface area is 292 Å². The Balaban J connectivity index is 1.34. The fraction of sp³-hybridized carbons (Fsp3) is 0.351. The van der Waals surface area contributed by atoms with Crippen molar-refractivity contribution in [1.29, 1.82) is 5.26 Å². The van der Waals surface area contributed by atoms with Crippen LogP contribution in [0.5, 0.6) is 0 Å². The van der Waals surface area contributed by atoms with E-state index < -0.39 is 11.8 Å². The number of carbonyl (C=O) groups is 1. The Morgan fingerprint density at radius 1 is 1.10 bits per heavy atom. The van der Waals surface area contributed by atoms with Crippen LogP contribution in [-0.4, -0.2) is 51.1 Å². The molecule has 5 aromatic rings. The van der Waals surface area contributed by atoms with Crippen LogP contribution in [0.15, 0.2) is 48.5 Å². The molecule has 250 valence electrons.